The third-order valence-electron chi connectivity index (χ3n) is 3.76. The molecule has 0 unspecified atom stereocenters. The molecule has 0 aliphatic rings. The summed E-state index contributed by atoms with van der Waals surface area (Å²) in [4.78, 5) is 24.1. The number of carbonyl (C=O) groups is 1. The van der Waals surface area contributed by atoms with Gasteiger partial charge in [-0.05, 0) is 30.7 Å². The normalized spacial score (nSPS) is 10.8. The summed E-state index contributed by atoms with van der Waals surface area (Å²) in [7, 11) is 0. The van der Waals surface area contributed by atoms with E-state index >= 15 is 0 Å². The summed E-state index contributed by atoms with van der Waals surface area (Å²) in [5.41, 5.74) is 0.412. The summed E-state index contributed by atoms with van der Waals surface area (Å²) in [6.45, 7) is 1.71. The van der Waals surface area contributed by atoms with E-state index in [1.807, 2.05) is 35.2 Å². The summed E-state index contributed by atoms with van der Waals surface area (Å²) in [6.07, 6.45) is 4.81. The Kier molecular flexibility index (Phi) is 5.00. The molecule has 7 heteroatoms. The second-order valence-corrected chi connectivity index (χ2v) is 5.51. The van der Waals surface area contributed by atoms with Crippen LogP contribution < -0.4 is 10.9 Å². The van der Waals surface area contributed by atoms with Gasteiger partial charge < -0.3 is 9.88 Å². The summed E-state index contributed by atoms with van der Waals surface area (Å²) in [6, 6.07) is 11.0. The largest absolute Gasteiger partial charge is 0.354 e. The molecular formula is C17H19N5O2. The number of hydrogen-bond donors (Lipinski definition) is 1. The van der Waals surface area contributed by atoms with Crippen LogP contribution in [0.2, 0.25) is 0 Å². The molecule has 124 valence electrons. The van der Waals surface area contributed by atoms with Gasteiger partial charge in [-0.15, -0.1) is 5.10 Å². The van der Waals surface area contributed by atoms with Crippen molar-refractivity contribution in [1.29, 1.82) is 0 Å². The van der Waals surface area contributed by atoms with Gasteiger partial charge in [-0.2, -0.15) is 0 Å². The average Bonchev–Trinajstić information content (AvgIpc) is 3.11. The SMILES string of the molecule is O=C(CCCn1nnc2ccccc2c1=O)NCCn1cccc1. The molecule has 0 saturated heterocycles. The Morgan fingerprint density at radius 1 is 1.08 bits per heavy atom. The molecule has 0 aliphatic heterocycles. The van der Waals surface area contributed by atoms with Crippen molar-refractivity contribution in [2.45, 2.75) is 25.9 Å². The molecule has 3 aromatic rings. The average molecular weight is 325 g/mol. The van der Waals surface area contributed by atoms with E-state index in [2.05, 4.69) is 15.6 Å². The Morgan fingerprint density at radius 3 is 2.71 bits per heavy atom. The Labute approximate surface area is 138 Å². The Morgan fingerprint density at radius 2 is 1.88 bits per heavy atom. The minimum absolute atomic E-state index is 0.0241. The van der Waals surface area contributed by atoms with Crippen LogP contribution >= 0.6 is 0 Å². The van der Waals surface area contributed by atoms with Gasteiger partial charge in [0.1, 0.15) is 5.52 Å². The zero-order valence-corrected chi connectivity index (χ0v) is 13.3. The first-order valence-corrected chi connectivity index (χ1v) is 7.94. The minimum Gasteiger partial charge on any atom is -0.354 e. The summed E-state index contributed by atoms with van der Waals surface area (Å²) < 4.78 is 3.32. The molecule has 7 nitrogen and oxygen atoms in total. The fourth-order valence-electron chi connectivity index (χ4n) is 2.49. The highest BCUT2D eigenvalue weighted by Crippen LogP contribution is 2.03. The first-order chi connectivity index (χ1) is 11.7. The van der Waals surface area contributed by atoms with Crippen LogP contribution in [0, 0.1) is 0 Å². The van der Waals surface area contributed by atoms with Gasteiger partial charge in [-0.1, -0.05) is 17.3 Å². The Balaban J connectivity index is 1.47. The van der Waals surface area contributed by atoms with Crippen LogP contribution in [-0.4, -0.2) is 32.0 Å². The molecule has 0 atom stereocenters. The van der Waals surface area contributed by atoms with E-state index in [1.54, 1.807) is 18.2 Å². The molecule has 2 aromatic heterocycles. The lowest BCUT2D eigenvalue weighted by atomic mass is 10.2. The van der Waals surface area contributed by atoms with Gasteiger partial charge >= 0.3 is 0 Å². The monoisotopic (exact) mass is 325 g/mol. The Bertz CT molecular complexity index is 870. The lowest BCUT2D eigenvalue weighted by Crippen LogP contribution is -2.28. The second kappa shape index (κ2) is 7.54. The fourth-order valence-corrected chi connectivity index (χ4v) is 2.49. The smallest absolute Gasteiger partial charge is 0.277 e. The van der Waals surface area contributed by atoms with Crippen molar-refractivity contribution in [3.8, 4) is 0 Å². The molecule has 0 bridgehead atoms. The predicted octanol–water partition coefficient (Wildman–Crippen LogP) is 1.19. The van der Waals surface area contributed by atoms with Crippen LogP contribution in [0.3, 0.4) is 0 Å². The molecule has 0 aliphatic carbocycles. The van der Waals surface area contributed by atoms with Gasteiger partial charge in [0.2, 0.25) is 5.91 Å². The van der Waals surface area contributed by atoms with Gasteiger partial charge in [0.25, 0.3) is 5.56 Å². The fraction of sp³-hybridized carbons (Fsp3) is 0.294. The van der Waals surface area contributed by atoms with Crippen molar-refractivity contribution in [2.24, 2.45) is 0 Å². The summed E-state index contributed by atoms with van der Waals surface area (Å²) >= 11 is 0. The number of fused-ring (bicyclic) bond motifs is 1. The van der Waals surface area contributed by atoms with E-state index < -0.39 is 0 Å². The number of amides is 1. The van der Waals surface area contributed by atoms with Crippen molar-refractivity contribution in [1.82, 2.24) is 24.9 Å². The molecule has 1 N–H and O–H groups in total. The van der Waals surface area contributed by atoms with Crippen molar-refractivity contribution in [2.75, 3.05) is 6.54 Å². The zero-order valence-electron chi connectivity index (χ0n) is 13.3. The summed E-state index contributed by atoms with van der Waals surface area (Å²) in [5.74, 6) is -0.0241. The van der Waals surface area contributed by atoms with Crippen LogP contribution in [0.25, 0.3) is 10.9 Å². The van der Waals surface area contributed by atoms with Crippen molar-refractivity contribution >= 4 is 16.8 Å². The number of aromatic nitrogens is 4. The van der Waals surface area contributed by atoms with Crippen LogP contribution in [0.15, 0.2) is 53.6 Å². The minimum atomic E-state index is -0.173. The van der Waals surface area contributed by atoms with Crippen molar-refractivity contribution in [3.05, 3.63) is 59.1 Å². The van der Waals surface area contributed by atoms with Crippen LogP contribution in [-0.2, 0) is 17.9 Å². The topological polar surface area (TPSA) is 81.8 Å². The number of benzene rings is 1. The molecule has 0 saturated carbocycles. The molecule has 1 amide bonds. The highest BCUT2D eigenvalue weighted by molar-refractivity contribution is 5.76. The highest BCUT2D eigenvalue weighted by Gasteiger charge is 2.06. The molecule has 0 fully saturated rings. The van der Waals surface area contributed by atoms with Crippen molar-refractivity contribution in [3.63, 3.8) is 0 Å². The molecule has 3 rings (SSSR count). The van der Waals surface area contributed by atoms with E-state index in [1.165, 1.54) is 4.68 Å². The van der Waals surface area contributed by atoms with Crippen molar-refractivity contribution < 1.29 is 4.79 Å². The third-order valence-corrected chi connectivity index (χ3v) is 3.76. The molecule has 0 radical (unpaired) electrons. The van der Waals surface area contributed by atoms with E-state index in [4.69, 9.17) is 0 Å². The molecule has 1 aromatic carbocycles. The molecular weight excluding hydrogens is 306 g/mol. The first-order valence-electron chi connectivity index (χ1n) is 7.94. The Hall–Kier alpha value is -2.96. The van der Waals surface area contributed by atoms with Crippen LogP contribution in [0.4, 0.5) is 0 Å². The molecule has 0 spiro atoms. The number of aryl methyl sites for hydroxylation is 1. The predicted molar refractivity (Wildman–Crippen MR) is 90.5 cm³/mol. The van der Waals surface area contributed by atoms with Gasteiger partial charge in [0.05, 0.1) is 5.39 Å². The summed E-state index contributed by atoms with van der Waals surface area (Å²) in [5, 5.41) is 11.4. The second-order valence-electron chi connectivity index (χ2n) is 5.51. The van der Waals surface area contributed by atoms with Crippen LogP contribution in [0.1, 0.15) is 12.8 Å². The third kappa shape index (κ3) is 3.87. The van der Waals surface area contributed by atoms with Gasteiger partial charge in [-0.3, -0.25) is 9.59 Å². The first kappa shape index (κ1) is 15.9. The number of nitrogens with one attached hydrogen (secondary N) is 1. The number of carbonyl (C=O) groups excluding carboxylic acids is 1. The highest BCUT2D eigenvalue weighted by atomic mass is 16.1. The lowest BCUT2D eigenvalue weighted by Gasteiger charge is -2.07. The standard InChI is InChI=1S/C17H19N5O2/c23-16(18-9-13-21-10-3-4-11-21)8-5-12-22-17(24)14-6-1-2-7-15(14)19-20-22/h1-4,6-7,10-11H,5,8-9,12-13H2,(H,18,23). The van der Waals surface area contributed by atoms with Gasteiger partial charge in [0, 0.05) is 38.4 Å². The van der Waals surface area contributed by atoms with E-state index in [9.17, 15) is 9.59 Å². The maximum absolute atomic E-state index is 12.3. The van der Waals surface area contributed by atoms with E-state index in [0.29, 0.717) is 36.8 Å². The zero-order chi connectivity index (χ0) is 16.8. The quantitative estimate of drug-likeness (QED) is 0.707. The number of nitrogens with zero attached hydrogens (tertiary/aromatic N) is 4. The molecule has 2 heterocycles. The lowest BCUT2D eigenvalue weighted by molar-refractivity contribution is -0.121. The maximum atomic E-state index is 12.3. The molecule has 24 heavy (non-hydrogen) atoms. The van der Waals surface area contributed by atoms with Crippen LogP contribution in [0.5, 0.6) is 0 Å². The van der Waals surface area contributed by atoms with E-state index in [-0.39, 0.29) is 11.5 Å². The van der Waals surface area contributed by atoms with Gasteiger partial charge in [0.15, 0.2) is 0 Å². The van der Waals surface area contributed by atoms with E-state index in [0.717, 1.165) is 6.54 Å². The number of rotatable bonds is 7. The number of hydrogen-bond acceptors (Lipinski definition) is 4. The maximum Gasteiger partial charge on any atom is 0.277 e. The van der Waals surface area contributed by atoms with Gasteiger partial charge in [-0.25, -0.2) is 4.68 Å².